The molecule has 148 valence electrons. The minimum absolute atomic E-state index is 0.267. The first-order valence-corrected chi connectivity index (χ1v) is 10.0. The molecule has 0 unspecified atom stereocenters. The zero-order valence-corrected chi connectivity index (χ0v) is 17.3. The third-order valence-corrected chi connectivity index (χ3v) is 5.21. The van der Waals surface area contributed by atoms with Gasteiger partial charge < -0.3 is 4.74 Å². The van der Waals surface area contributed by atoms with Gasteiger partial charge in [0.15, 0.2) is 0 Å². The first-order valence-electron chi connectivity index (χ1n) is 10.0. The van der Waals surface area contributed by atoms with Crippen LogP contribution in [0.4, 0.5) is 0 Å². The van der Waals surface area contributed by atoms with Crippen LogP contribution in [0.1, 0.15) is 29.7 Å². The fourth-order valence-electron chi connectivity index (χ4n) is 3.50. The van der Waals surface area contributed by atoms with Crippen molar-refractivity contribution in [3.8, 4) is 5.75 Å². The molecule has 0 radical (unpaired) electrons. The van der Waals surface area contributed by atoms with Crippen molar-refractivity contribution in [2.45, 2.75) is 13.0 Å². The Morgan fingerprint density at radius 3 is 1.90 bits per heavy atom. The predicted octanol–water partition coefficient (Wildman–Crippen LogP) is 6.38. The molecule has 2 heteroatoms. The molecular formula is C27H29NO. The summed E-state index contributed by atoms with van der Waals surface area (Å²) in [4.78, 5) is 2.42. The van der Waals surface area contributed by atoms with Crippen LogP contribution in [0.2, 0.25) is 0 Å². The Morgan fingerprint density at radius 2 is 1.41 bits per heavy atom. The molecule has 0 aliphatic heterocycles. The highest BCUT2D eigenvalue weighted by Gasteiger charge is 2.15. The van der Waals surface area contributed by atoms with E-state index in [9.17, 15) is 0 Å². The molecule has 2 nitrogen and oxygen atoms in total. The average molecular weight is 384 g/mol. The van der Waals surface area contributed by atoms with Crippen molar-refractivity contribution in [1.29, 1.82) is 0 Å². The highest BCUT2D eigenvalue weighted by atomic mass is 16.5. The van der Waals surface area contributed by atoms with Crippen molar-refractivity contribution in [2.75, 3.05) is 20.2 Å². The van der Waals surface area contributed by atoms with Gasteiger partial charge >= 0.3 is 0 Å². The van der Waals surface area contributed by atoms with Crippen LogP contribution in [-0.2, 0) is 0 Å². The topological polar surface area (TPSA) is 12.5 Å². The maximum Gasteiger partial charge on any atom is 0.118 e. The van der Waals surface area contributed by atoms with Crippen molar-refractivity contribution in [2.24, 2.45) is 0 Å². The lowest BCUT2D eigenvalue weighted by Crippen LogP contribution is -2.27. The van der Waals surface area contributed by atoms with E-state index < -0.39 is 0 Å². The van der Waals surface area contributed by atoms with Crippen molar-refractivity contribution in [3.63, 3.8) is 0 Å². The van der Waals surface area contributed by atoms with E-state index in [1.165, 1.54) is 22.3 Å². The quantitative estimate of drug-likeness (QED) is 0.398. The Morgan fingerprint density at radius 1 is 0.862 bits per heavy atom. The minimum Gasteiger partial charge on any atom is -0.497 e. The molecule has 0 saturated heterocycles. The van der Waals surface area contributed by atoms with Crippen LogP contribution in [0.15, 0.2) is 104 Å². The SMILES string of the molecule is C=CCN(CC=C(c1ccccc1)c1ccccc1)[C@H](C)c1ccc(OC)cc1. The molecule has 3 aromatic rings. The number of nitrogens with zero attached hydrogens (tertiary/aromatic N) is 1. The molecule has 0 bridgehead atoms. The Hall–Kier alpha value is -3.10. The second-order valence-corrected chi connectivity index (χ2v) is 7.04. The van der Waals surface area contributed by atoms with E-state index in [-0.39, 0.29) is 6.04 Å². The van der Waals surface area contributed by atoms with Crippen LogP contribution in [0.3, 0.4) is 0 Å². The van der Waals surface area contributed by atoms with E-state index in [0.717, 1.165) is 18.8 Å². The van der Waals surface area contributed by atoms with Crippen LogP contribution < -0.4 is 4.74 Å². The summed E-state index contributed by atoms with van der Waals surface area (Å²) in [6.45, 7) is 7.86. The molecule has 0 spiro atoms. The number of benzene rings is 3. The molecule has 0 N–H and O–H groups in total. The van der Waals surface area contributed by atoms with Crippen molar-refractivity contribution >= 4 is 5.57 Å². The summed E-state index contributed by atoms with van der Waals surface area (Å²) >= 11 is 0. The molecule has 0 amide bonds. The van der Waals surface area contributed by atoms with Gasteiger partial charge in [-0.25, -0.2) is 0 Å². The van der Waals surface area contributed by atoms with E-state index in [0.29, 0.717) is 0 Å². The Balaban J connectivity index is 1.88. The van der Waals surface area contributed by atoms with Crippen molar-refractivity contribution in [3.05, 3.63) is 120 Å². The van der Waals surface area contributed by atoms with E-state index in [1.54, 1.807) is 7.11 Å². The van der Waals surface area contributed by atoms with Crippen LogP contribution >= 0.6 is 0 Å². The highest BCUT2D eigenvalue weighted by molar-refractivity contribution is 5.79. The number of hydrogen-bond acceptors (Lipinski definition) is 2. The first kappa shape index (κ1) is 20.6. The fourth-order valence-corrected chi connectivity index (χ4v) is 3.50. The zero-order chi connectivity index (χ0) is 20.5. The Bertz CT molecular complexity index is 872. The predicted molar refractivity (Wildman–Crippen MR) is 123 cm³/mol. The number of rotatable bonds is 9. The van der Waals surface area contributed by atoms with Gasteiger partial charge in [0.05, 0.1) is 7.11 Å². The van der Waals surface area contributed by atoms with E-state index >= 15 is 0 Å². The highest BCUT2D eigenvalue weighted by Crippen LogP contribution is 2.26. The summed E-state index contributed by atoms with van der Waals surface area (Å²) in [6, 6.07) is 29.7. The van der Waals surface area contributed by atoms with Gasteiger partial charge in [-0.1, -0.05) is 84.9 Å². The summed E-state index contributed by atoms with van der Waals surface area (Å²) in [7, 11) is 1.70. The molecule has 1 atom stereocenters. The third kappa shape index (κ3) is 5.46. The normalized spacial score (nSPS) is 11.7. The molecule has 0 heterocycles. The lowest BCUT2D eigenvalue weighted by atomic mass is 9.97. The Labute approximate surface area is 174 Å². The molecular weight excluding hydrogens is 354 g/mol. The van der Waals surface area contributed by atoms with Gasteiger partial charge in [-0.3, -0.25) is 4.90 Å². The van der Waals surface area contributed by atoms with E-state index in [4.69, 9.17) is 4.74 Å². The minimum atomic E-state index is 0.267. The molecule has 29 heavy (non-hydrogen) atoms. The summed E-state index contributed by atoms with van der Waals surface area (Å²) in [5, 5.41) is 0. The third-order valence-electron chi connectivity index (χ3n) is 5.21. The molecule has 0 aromatic heterocycles. The number of methoxy groups -OCH3 is 1. The summed E-state index contributed by atoms with van der Waals surface area (Å²) in [6.07, 6.45) is 4.30. The van der Waals surface area contributed by atoms with Crippen LogP contribution in [0.25, 0.3) is 5.57 Å². The van der Waals surface area contributed by atoms with Crippen LogP contribution in [0.5, 0.6) is 5.75 Å². The number of ether oxygens (including phenoxy) is 1. The number of hydrogen-bond donors (Lipinski definition) is 0. The van der Waals surface area contributed by atoms with Gasteiger partial charge in [-0.2, -0.15) is 0 Å². The van der Waals surface area contributed by atoms with E-state index in [2.05, 4.69) is 97.3 Å². The largest absolute Gasteiger partial charge is 0.497 e. The summed E-state index contributed by atoms with van der Waals surface area (Å²) in [5.74, 6) is 0.881. The van der Waals surface area contributed by atoms with Gasteiger partial charge in [0, 0.05) is 19.1 Å². The average Bonchev–Trinajstić information content (AvgIpc) is 2.79. The standard InChI is InChI=1S/C27H29NO/c1-4-20-28(22(2)23-15-17-26(29-3)18-16-23)21-19-27(24-11-7-5-8-12-24)25-13-9-6-10-14-25/h4-19,22H,1,20-21H2,2-3H3/t22-/m1/s1. The summed E-state index contributed by atoms with van der Waals surface area (Å²) in [5.41, 5.74) is 4.98. The van der Waals surface area contributed by atoms with Crippen LogP contribution in [-0.4, -0.2) is 25.1 Å². The van der Waals surface area contributed by atoms with Crippen LogP contribution in [0, 0.1) is 0 Å². The van der Waals surface area contributed by atoms with Gasteiger partial charge in [-0.15, -0.1) is 6.58 Å². The fraction of sp³-hybridized carbons (Fsp3) is 0.185. The maximum absolute atomic E-state index is 5.29. The monoisotopic (exact) mass is 383 g/mol. The van der Waals surface area contributed by atoms with Gasteiger partial charge in [0.1, 0.15) is 5.75 Å². The molecule has 3 rings (SSSR count). The maximum atomic E-state index is 5.29. The van der Waals surface area contributed by atoms with Gasteiger partial charge in [-0.05, 0) is 41.3 Å². The first-order chi connectivity index (χ1) is 14.2. The second-order valence-electron chi connectivity index (χ2n) is 7.04. The molecule has 0 aliphatic rings. The molecule has 3 aromatic carbocycles. The molecule has 0 fully saturated rings. The zero-order valence-electron chi connectivity index (χ0n) is 17.3. The molecule has 0 aliphatic carbocycles. The van der Waals surface area contributed by atoms with Gasteiger partial charge in [0.25, 0.3) is 0 Å². The summed E-state index contributed by atoms with van der Waals surface area (Å²) < 4.78 is 5.29. The lowest BCUT2D eigenvalue weighted by Gasteiger charge is -2.28. The van der Waals surface area contributed by atoms with Gasteiger partial charge in [0.2, 0.25) is 0 Å². The second kappa shape index (κ2) is 10.4. The van der Waals surface area contributed by atoms with E-state index in [1.807, 2.05) is 18.2 Å². The lowest BCUT2D eigenvalue weighted by molar-refractivity contribution is 0.260. The van der Waals surface area contributed by atoms with Crippen molar-refractivity contribution in [1.82, 2.24) is 4.90 Å². The smallest absolute Gasteiger partial charge is 0.118 e. The Kier molecular flexibility index (Phi) is 7.43. The van der Waals surface area contributed by atoms with Crippen molar-refractivity contribution < 1.29 is 4.74 Å². The molecule has 0 saturated carbocycles.